The summed E-state index contributed by atoms with van der Waals surface area (Å²) in [5, 5.41) is 2.58. The first-order chi connectivity index (χ1) is 15.4. The zero-order valence-electron chi connectivity index (χ0n) is 17.3. The van der Waals surface area contributed by atoms with Gasteiger partial charge in [-0.15, -0.1) is 0 Å². The summed E-state index contributed by atoms with van der Waals surface area (Å²) >= 11 is 1.02. The van der Waals surface area contributed by atoms with Gasteiger partial charge in [0, 0.05) is 30.8 Å². The highest BCUT2D eigenvalue weighted by molar-refractivity contribution is 8.14. The summed E-state index contributed by atoms with van der Waals surface area (Å²) in [7, 11) is 1.47. The van der Waals surface area contributed by atoms with Gasteiger partial charge in [0.1, 0.15) is 30.3 Å². The van der Waals surface area contributed by atoms with Crippen molar-refractivity contribution in [3.8, 4) is 17.1 Å². The Morgan fingerprint density at radius 2 is 2.28 bits per heavy atom. The Morgan fingerprint density at radius 3 is 3.00 bits per heavy atom. The Bertz CT molecular complexity index is 1020. The fraction of sp³-hybridized carbons (Fsp3) is 0.450. The maximum absolute atomic E-state index is 13.6. The maximum atomic E-state index is 13.6. The molecule has 0 aliphatic carbocycles. The number of ether oxygens (including phenoxy) is 2. The normalized spacial score (nSPS) is 19.1. The Hall–Kier alpha value is -2.86. The smallest absolute Gasteiger partial charge is 0.287 e. The van der Waals surface area contributed by atoms with Crippen molar-refractivity contribution < 1.29 is 27.8 Å². The second kappa shape index (κ2) is 9.33. The Kier molecular flexibility index (Phi) is 6.51. The first kappa shape index (κ1) is 22.3. The summed E-state index contributed by atoms with van der Waals surface area (Å²) in [6.07, 6.45) is -0.843. The van der Waals surface area contributed by atoms with Crippen LogP contribution in [0.4, 0.5) is 25.1 Å². The number of benzene rings is 1. The van der Waals surface area contributed by atoms with E-state index in [4.69, 9.17) is 15.2 Å². The van der Waals surface area contributed by atoms with Crippen LogP contribution in [-0.2, 0) is 16.1 Å². The number of methoxy groups -OCH3 is 1. The molecule has 1 aromatic carbocycles. The minimum absolute atomic E-state index is 0.105. The minimum atomic E-state index is -2.66. The summed E-state index contributed by atoms with van der Waals surface area (Å²) in [5.74, 6) is 1.03. The van der Waals surface area contributed by atoms with E-state index in [0.717, 1.165) is 16.7 Å². The minimum Gasteiger partial charge on any atom is -0.491 e. The van der Waals surface area contributed by atoms with Crippen molar-refractivity contribution in [2.45, 2.75) is 31.5 Å². The number of nitrogens with one attached hydrogen (secondary N) is 1. The number of rotatable bonds is 7. The second-order valence-electron chi connectivity index (χ2n) is 7.40. The van der Waals surface area contributed by atoms with Crippen LogP contribution in [0.1, 0.15) is 6.42 Å². The van der Waals surface area contributed by atoms with Crippen LogP contribution in [0.25, 0.3) is 11.4 Å². The van der Waals surface area contributed by atoms with Crippen LogP contribution >= 0.6 is 11.8 Å². The van der Waals surface area contributed by atoms with Gasteiger partial charge in [-0.1, -0.05) is 11.8 Å². The summed E-state index contributed by atoms with van der Waals surface area (Å²) in [6.45, 7) is 0.855. The second-order valence-corrected chi connectivity index (χ2v) is 8.45. The van der Waals surface area contributed by atoms with Crippen LogP contribution in [0.2, 0.25) is 0 Å². The van der Waals surface area contributed by atoms with Crippen molar-refractivity contribution in [3.05, 3.63) is 24.4 Å². The van der Waals surface area contributed by atoms with Crippen molar-refractivity contribution in [2.75, 3.05) is 36.3 Å². The number of aromatic nitrogens is 2. The number of alkyl halides is 2. The molecule has 32 heavy (non-hydrogen) atoms. The van der Waals surface area contributed by atoms with Gasteiger partial charge in [-0.2, -0.15) is 0 Å². The van der Waals surface area contributed by atoms with Gasteiger partial charge in [-0.25, -0.2) is 13.8 Å². The quantitative estimate of drug-likeness (QED) is 0.644. The van der Waals surface area contributed by atoms with Gasteiger partial charge in [0.05, 0.1) is 18.7 Å². The van der Waals surface area contributed by atoms with Gasteiger partial charge in [-0.05, 0) is 18.6 Å². The number of halogens is 2. The van der Waals surface area contributed by atoms with E-state index in [-0.39, 0.29) is 18.8 Å². The zero-order valence-corrected chi connectivity index (χ0v) is 18.1. The van der Waals surface area contributed by atoms with Crippen LogP contribution in [0.3, 0.4) is 0 Å². The topological polar surface area (TPSA) is 112 Å². The summed E-state index contributed by atoms with van der Waals surface area (Å²) in [6, 6.07) is 3.30. The molecule has 0 spiro atoms. The van der Waals surface area contributed by atoms with Gasteiger partial charge in [-0.3, -0.25) is 14.5 Å². The van der Waals surface area contributed by atoms with Gasteiger partial charge in [0.15, 0.2) is 5.82 Å². The van der Waals surface area contributed by atoms with Gasteiger partial charge in [0.2, 0.25) is 5.91 Å². The molecular weight excluding hydrogens is 444 g/mol. The third-order valence-corrected chi connectivity index (χ3v) is 6.18. The van der Waals surface area contributed by atoms with Gasteiger partial charge < -0.3 is 25.1 Å². The Balaban J connectivity index is 1.66. The predicted octanol–water partition coefficient (Wildman–Crippen LogP) is 2.55. The lowest BCUT2D eigenvalue weighted by molar-refractivity contribution is -0.119. The molecule has 2 aliphatic rings. The number of carbonyl (C=O) groups is 2. The van der Waals surface area contributed by atoms with E-state index < -0.39 is 29.7 Å². The number of carbonyl (C=O) groups excluding carboxylic acids is 2. The number of hydrogen-bond donors (Lipinski definition) is 2. The fourth-order valence-electron chi connectivity index (χ4n) is 3.74. The molecule has 0 bridgehead atoms. The van der Waals surface area contributed by atoms with Crippen LogP contribution in [0.15, 0.2) is 24.4 Å². The average Bonchev–Trinajstić information content (AvgIpc) is 3.09. The van der Waals surface area contributed by atoms with E-state index in [0.29, 0.717) is 41.7 Å². The Labute approximate surface area is 187 Å². The van der Waals surface area contributed by atoms with Gasteiger partial charge in [0.25, 0.3) is 11.7 Å². The van der Waals surface area contributed by atoms with E-state index in [2.05, 4.69) is 10.3 Å². The first-order valence-corrected chi connectivity index (χ1v) is 11.0. The molecule has 1 fully saturated rings. The fourth-order valence-corrected chi connectivity index (χ4v) is 4.64. The highest BCUT2D eigenvalue weighted by Crippen LogP contribution is 2.38. The standard InChI is InChI=1S/C20H23F2N5O4S/c1-30-10-13(18(23)28)24-11-2-3-12-15(8-11)31-6-5-26-9-16(25-19(12)26)27-14(17(21)22)4-7-32-20(27)29/h2-3,8-9,13-14,17,24H,4-7,10H2,1H3,(H2,23,28)/t13-,14-/m0/s1. The maximum Gasteiger partial charge on any atom is 0.287 e. The third kappa shape index (κ3) is 4.37. The lowest BCUT2D eigenvalue weighted by Gasteiger charge is -2.32. The van der Waals surface area contributed by atoms with E-state index in [1.54, 1.807) is 29.0 Å². The molecule has 9 nitrogen and oxygen atoms in total. The molecule has 1 saturated heterocycles. The van der Waals surface area contributed by atoms with Crippen molar-refractivity contribution in [3.63, 3.8) is 0 Å². The van der Waals surface area contributed by atoms with Crippen molar-refractivity contribution in [1.29, 1.82) is 0 Å². The number of fused-ring (bicyclic) bond motifs is 3. The summed E-state index contributed by atoms with van der Waals surface area (Å²) < 4.78 is 39.8. The number of anilines is 2. The lowest BCUT2D eigenvalue weighted by Crippen LogP contribution is -2.46. The monoisotopic (exact) mass is 467 g/mol. The molecule has 4 rings (SSSR count). The van der Waals surface area contributed by atoms with E-state index >= 15 is 0 Å². The number of amides is 2. The van der Waals surface area contributed by atoms with E-state index in [1.165, 1.54) is 7.11 Å². The molecule has 0 unspecified atom stereocenters. The molecule has 1 aromatic heterocycles. The molecule has 2 amide bonds. The van der Waals surface area contributed by atoms with Crippen molar-refractivity contribution in [2.24, 2.45) is 5.73 Å². The lowest BCUT2D eigenvalue weighted by atomic mass is 10.1. The highest BCUT2D eigenvalue weighted by atomic mass is 32.2. The third-order valence-electron chi connectivity index (χ3n) is 5.30. The number of nitrogens with zero attached hydrogens (tertiary/aromatic N) is 3. The largest absolute Gasteiger partial charge is 0.491 e. The molecule has 0 saturated carbocycles. The number of hydrogen-bond acceptors (Lipinski definition) is 7. The molecule has 2 atom stereocenters. The van der Waals surface area contributed by atoms with E-state index in [1.807, 2.05) is 0 Å². The van der Waals surface area contributed by atoms with Gasteiger partial charge >= 0.3 is 0 Å². The molecule has 172 valence electrons. The SMILES string of the molecule is COC[C@H](Nc1ccc2c(c1)OCCn1cc(N3C(=O)SCC[C@H]3C(F)F)nc1-2)C(N)=O. The summed E-state index contributed by atoms with van der Waals surface area (Å²) in [4.78, 5) is 29.7. The molecule has 3 heterocycles. The first-order valence-electron chi connectivity index (χ1n) is 10.0. The molecule has 2 aromatic rings. The number of thioether (sulfide) groups is 1. The van der Waals surface area contributed by atoms with Crippen LogP contribution in [0.5, 0.6) is 5.75 Å². The zero-order chi connectivity index (χ0) is 22.8. The molecule has 3 N–H and O–H groups in total. The predicted molar refractivity (Wildman–Crippen MR) is 116 cm³/mol. The molecular formula is C20H23F2N5O4S. The van der Waals surface area contributed by atoms with Crippen LogP contribution in [-0.4, -0.2) is 65.3 Å². The molecule has 2 aliphatic heterocycles. The highest BCUT2D eigenvalue weighted by Gasteiger charge is 2.38. The van der Waals surface area contributed by atoms with Crippen molar-refractivity contribution in [1.82, 2.24) is 9.55 Å². The Morgan fingerprint density at radius 1 is 1.47 bits per heavy atom. The molecule has 12 heteroatoms. The number of nitrogens with two attached hydrogens (primary N) is 1. The van der Waals surface area contributed by atoms with Crippen LogP contribution < -0.4 is 20.7 Å². The van der Waals surface area contributed by atoms with Crippen LogP contribution in [0, 0.1) is 0 Å². The number of primary amides is 1. The molecule has 0 radical (unpaired) electrons. The summed E-state index contributed by atoms with van der Waals surface area (Å²) in [5.41, 5.74) is 6.65. The average molecular weight is 467 g/mol. The number of imidazole rings is 1. The van der Waals surface area contributed by atoms with Crippen molar-refractivity contribution >= 4 is 34.4 Å². The van der Waals surface area contributed by atoms with E-state index in [9.17, 15) is 18.4 Å².